The summed E-state index contributed by atoms with van der Waals surface area (Å²) in [6, 6.07) is 12.6. The Bertz CT molecular complexity index is 964. The summed E-state index contributed by atoms with van der Waals surface area (Å²) >= 11 is 3.26. The molecule has 1 aliphatic rings. The van der Waals surface area contributed by atoms with Crippen molar-refractivity contribution in [2.45, 2.75) is 37.9 Å². The molecule has 1 aromatic carbocycles. The third kappa shape index (κ3) is 5.96. The van der Waals surface area contributed by atoms with Crippen molar-refractivity contribution >= 4 is 29.0 Å². The Morgan fingerprint density at radius 2 is 2.06 bits per heavy atom. The number of nitrogens with zero attached hydrogens (tertiary/aromatic N) is 4. The first-order valence-electron chi connectivity index (χ1n) is 10.9. The number of amides is 1. The third-order valence-corrected chi connectivity index (χ3v) is 7.54. The van der Waals surface area contributed by atoms with Crippen LogP contribution in [0.5, 0.6) is 0 Å². The molecule has 6 nitrogen and oxygen atoms in total. The first-order valence-corrected chi connectivity index (χ1v) is 12.7. The Morgan fingerprint density at radius 3 is 2.84 bits per heavy atom. The Morgan fingerprint density at radius 1 is 1.23 bits per heavy atom. The SMILES string of the molecule is CCc1ccccc1-n1cnnc1SCC(=O)NCC1CCN(Cc2cccs2)CC1. The van der Waals surface area contributed by atoms with Gasteiger partial charge in [0.2, 0.25) is 5.91 Å². The molecule has 1 amide bonds. The van der Waals surface area contributed by atoms with Crippen LogP contribution < -0.4 is 5.32 Å². The maximum absolute atomic E-state index is 12.4. The molecule has 0 saturated carbocycles. The van der Waals surface area contributed by atoms with Crippen molar-refractivity contribution in [2.75, 3.05) is 25.4 Å². The predicted molar refractivity (Wildman–Crippen MR) is 127 cm³/mol. The zero-order chi connectivity index (χ0) is 21.5. The second-order valence-corrected chi connectivity index (χ2v) is 9.83. The van der Waals surface area contributed by atoms with E-state index in [1.54, 1.807) is 6.33 Å². The van der Waals surface area contributed by atoms with Crippen molar-refractivity contribution in [3.05, 3.63) is 58.5 Å². The lowest BCUT2D eigenvalue weighted by atomic mass is 9.97. The van der Waals surface area contributed by atoms with Gasteiger partial charge in [-0.3, -0.25) is 14.3 Å². The van der Waals surface area contributed by atoms with Crippen molar-refractivity contribution in [1.82, 2.24) is 25.0 Å². The first kappa shape index (κ1) is 22.0. The summed E-state index contributed by atoms with van der Waals surface area (Å²) in [4.78, 5) is 16.4. The van der Waals surface area contributed by atoms with Crippen LogP contribution in [0.1, 0.15) is 30.2 Å². The number of aromatic nitrogens is 3. The average Bonchev–Trinajstić information content (AvgIpc) is 3.49. The molecular formula is C23H29N5OS2. The molecule has 8 heteroatoms. The number of nitrogens with one attached hydrogen (secondary N) is 1. The maximum Gasteiger partial charge on any atom is 0.230 e. The van der Waals surface area contributed by atoms with Crippen LogP contribution in [0.4, 0.5) is 0 Å². The normalized spacial score (nSPS) is 15.3. The number of benzene rings is 1. The standard InChI is InChI=1S/C23H29N5OS2/c1-2-19-6-3-4-8-21(19)28-17-25-26-23(28)31-16-22(29)24-14-18-9-11-27(12-10-18)15-20-7-5-13-30-20/h3-8,13,17-18H,2,9-12,14-16H2,1H3,(H,24,29). The van der Waals surface area contributed by atoms with Gasteiger partial charge in [-0.15, -0.1) is 21.5 Å². The zero-order valence-electron chi connectivity index (χ0n) is 17.9. The monoisotopic (exact) mass is 455 g/mol. The molecule has 3 heterocycles. The maximum atomic E-state index is 12.4. The number of likely N-dealkylation sites (tertiary alicyclic amines) is 1. The van der Waals surface area contributed by atoms with E-state index in [4.69, 9.17) is 0 Å². The van der Waals surface area contributed by atoms with Crippen LogP contribution in [0.2, 0.25) is 0 Å². The largest absolute Gasteiger partial charge is 0.355 e. The lowest BCUT2D eigenvalue weighted by molar-refractivity contribution is -0.118. The van der Waals surface area contributed by atoms with Crippen molar-refractivity contribution < 1.29 is 4.79 Å². The van der Waals surface area contributed by atoms with Crippen LogP contribution in [0, 0.1) is 5.92 Å². The molecule has 2 aromatic heterocycles. The van der Waals surface area contributed by atoms with Crippen LogP contribution in [-0.2, 0) is 17.8 Å². The topological polar surface area (TPSA) is 63.1 Å². The fourth-order valence-electron chi connectivity index (χ4n) is 3.94. The Hall–Kier alpha value is -2.16. The number of carbonyl (C=O) groups is 1. The van der Waals surface area contributed by atoms with E-state index in [0.717, 1.165) is 56.3 Å². The molecule has 1 N–H and O–H groups in total. The number of rotatable bonds is 9. The van der Waals surface area contributed by atoms with Gasteiger partial charge in [-0.05, 0) is 61.3 Å². The molecule has 164 valence electrons. The van der Waals surface area contributed by atoms with Crippen LogP contribution in [-0.4, -0.2) is 51.0 Å². The van der Waals surface area contributed by atoms with E-state index in [1.165, 1.54) is 22.2 Å². The fraction of sp³-hybridized carbons (Fsp3) is 0.435. The lowest BCUT2D eigenvalue weighted by Crippen LogP contribution is -2.38. The van der Waals surface area contributed by atoms with E-state index in [9.17, 15) is 4.79 Å². The number of aryl methyl sites for hydroxylation is 1. The van der Waals surface area contributed by atoms with Gasteiger partial charge < -0.3 is 5.32 Å². The summed E-state index contributed by atoms with van der Waals surface area (Å²) in [5.41, 5.74) is 2.31. The van der Waals surface area contributed by atoms with Gasteiger partial charge in [0.1, 0.15) is 6.33 Å². The van der Waals surface area contributed by atoms with E-state index in [-0.39, 0.29) is 5.91 Å². The van der Waals surface area contributed by atoms with E-state index >= 15 is 0 Å². The van der Waals surface area contributed by atoms with E-state index in [2.05, 4.69) is 57.0 Å². The second kappa shape index (κ2) is 10.9. The van der Waals surface area contributed by atoms with Crippen molar-refractivity contribution in [3.63, 3.8) is 0 Å². The summed E-state index contributed by atoms with van der Waals surface area (Å²) in [5, 5.41) is 14.3. The molecule has 0 atom stereocenters. The number of piperidine rings is 1. The van der Waals surface area contributed by atoms with Gasteiger partial charge in [-0.2, -0.15) is 0 Å². The minimum Gasteiger partial charge on any atom is -0.355 e. The lowest BCUT2D eigenvalue weighted by Gasteiger charge is -2.31. The summed E-state index contributed by atoms with van der Waals surface area (Å²) in [6.45, 7) is 6.16. The van der Waals surface area contributed by atoms with Gasteiger partial charge in [0, 0.05) is 18.0 Å². The van der Waals surface area contributed by atoms with Gasteiger partial charge >= 0.3 is 0 Å². The molecule has 0 radical (unpaired) electrons. The van der Waals surface area contributed by atoms with Gasteiger partial charge in [0.25, 0.3) is 0 Å². The summed E-state index contributed by atoms with van der Waals surface area (Å²) in [7, 11) is 0. The highest BCUT2D eigenvalue weighted by molar-refractivity contribution is 7.99. The zero-order valence-corrected chi connectivity index (χ0v) is 19.5. The van der Waals surface area contributed by atoms with Gasteiger partial charge in [0.15, 0.2) is 5.16 Å². The highest BCUT2D eigenvalue weighted by atomic mass is 32.2. The number of hydrogen-bond donors (Lipinski definition) is 1. The molecule has 0 aliphatic carbocycles. The number of thioether (sulfide) groups is 1. The van der Waals surface area contributed by atoms with Crippen LogP contribution in [0.15, 0.2) is 53.3 Å². The minimum atomic E-state index is 0.0596. The summed E-state index contributed by atoms with van der Waals surface area (Å²) < 4.78 is 1.97. The van der Waals surface area contributed by atoms with Crippen LogP contribution in [0.25, 0.3) is 5.69 Å². The predicted octanol–water partition coefficient (Wildman–Crippen LogP) is 4.01. The van der Waals surface area contributed by atoms with Crippen molar-refractivity contribution in [3.8, 4) is 5.69 Å². The molecular weight excluding hydrogens is 426 g/mol. The van der Waals surface area contributed by atoms with E-state index in [0.29, 0.717) is 11.7 Å². The molecule has 1 aliphatic heterocycles. The van der Waals surface area contributed by atoms with Crippen LogP contribution in [0.3, 0.4) is 0 Å². The number of thiophene rings is 1. The summed E-state index contributed by atoms with van der Waals surface area (Å²) in [5.74, 6) is 0.975. The van der Waals surface area contributed by atoms with Crippen molar-refractivity contribution in [2.24, 2.45) is 5.92 Å². The second-order valence-electron chi connectivity index (χ2n) is 7.86. The molecule has 0 unspecified atom stereocenters. The molecule has 1 saturated heterocycles. The number of carbonyl (C=O) groups excluding carboxylic acids is 1. The Balaban J connectivity index is 1.21. The number of hydrogen-bond acceptors (Lipinski definition) is 6. The molecule has 31 heavy (non-hydrogen) atoms. The molecule has 0 spiro atoms. The van der Waals surface area contributed by atoms with E-state index in [1.807, 2.05) is 28.0 Å². The van der Waals surface area contributed by atoms with Gasteiger partial charge in [0.05, 0.1) is 11.4 Å². The highest BCUT2D eigenvalue weighted by Crippen LogP contribution is 2.23. The smallest absolute Gasteiger partial charge is 0.230 e. The molecule has 0 bridgehead atoms. The average molecular weight is 456 g/mol. The summed E-state index contributed by atoms with van der Waals surface area (Å²) in [6.07, 6.45) is 4.94. The van der Waals surface area contributed by atoms with Crippen LogP contribution >= 0.6 is 23.1 Å². The molecule has 4 rings (SSSR count). The third-order valence-electron chi connectivity index (χ3n) is 5.74. The fourth-order valence-corrected chi connectivity index (χ4v) is 5.44. The molecule has 1 fully saturated rings. The van der Waals surface area contributed by atoms with Gasteiger partial charge in [-0.25, -0.2) is 0 Å². The van der Waals surface area contributed by atoms with Crippen molar-refractivity contribution in [1.29, 1.82) is 0 Å². The van der Waals surface area contributed by atoms with E-state index < -0.39 is 0 Å². The first-order chi connectivity index (χ1) is 15.2. The minimum absolute atomic E-state index is 0.0596. The number of para-hydroxylation sites is 1. The Kier molecular flexibility index (Phi) is 7.77. The molecule has 3 aromatic rings. The quantitative estimate of drug-likeness (QED) is 0.494. The Labute approximate surface area is 192 Å². The van der Waals surface area contributed by atoms with Gasteiger partial charge in [-0.1, -0.05) is 43.0 Å². The highest BCUT2D eigenvalue weighted by Gasteiger charge is 2.20.